The lowest BCUT2D eigenvalue weighted by Crippen LogP contribution is -2.41. The van der Waals surface area contributed by atoms with Crippen LogP contribution in [0.15, 0.2) is 90.5 Å². The molecular weight excluding hydrogens is 387 g/mol. The average molecular weight is 406 g/mol. The lowest BCUT2D eigenvalue weighted by atomic mass is 9.55. The second kappa shape index (κ2) is 8.38. The number of rotatable bonds is 3. The van der Waals surface area contributed by atoms with E-state index in [9.17, 15) is 19.7 Å². The molecule has 4 rings (SSSR count). The Morgan fingerprint density at radius 3 is 2.00 bits per heavy atom. The van der Waals surface area contributed by atoms with Gasteiger partial charge in [0.1, 0.15) is 5.82 Å². The lowest BCUT2D eigenvalue weighted by molar-refractivity contribution is -0.118. The first-order valence-electron chi connectivity index (χ1n) is 10.0. The zero-order valence-electron chi connectivity index (χ0n) is 16.7. The van der Waals surface area contributed by atoms with Gasteiger partial charge in [-0.25, -0.2) is 4.39 Å². The number of hydrogen-bond donors (Lipinski definition) is 0. The summed E-state index contributed by atoms with van der Waals surface area (Å²) in [7, 11) is 0. The first-order chi connectivity index (χ1) is 15.1. The summed E-state index contributed by atoms with van der Waals surface area (Å²) in [5, 5.41) is 20.7. The van der Waals surface area contributed by atoms with Crippen LogP contribution in [0, 0.1) is 33.9 Å². The molecule has 1 aliphatic rings. The molecule has 0 unspecified atom stereocenters. The maximum absolute atomic E-state index is 13.7. The molecule has 1 aliphatic carbocycles. The number of nitrogens with zero attached hydrogens (tertiary/aromatic N) is 2. The quantitative estimate of drug-likeness (QED) is 0.518. The van der Waals surface area contributed by atoms with Gasteiger partial charge in [0.2, 0.25) is 0 Å². The monoisotopic (exact) mass is 406 g/mol. The topological polar surface area (TPSA) is 64.7 Å². The van der Waals surface area contributed by atoms with Crippen LogP contribution in [0.1, 0.15) is 34.9 Å². The standard InChI is InChI=1S/C27H19FN2O/c28-22-13-11-21(12-14-22)26-23(15-19-7-3-1-4-8-19)25(31)16-24(27(26,17-29)18-30)20-9-5-2-6-10-20/h1-15,24,26H,16H2/b23-15-/t24-,26+/m0/s1. The molecule has 0 heterocycles. The van der Waals surface area contributed by atoms with Gasteiger partial charge in [-0.15, -0.1) is 0 Å². The Bertz CT molecular complexity index is 1190. The molecule has 0 radical (unpaired) electrons. The van der Waals surface area contributed by atoms with Gasteiger partial charge in [0.05, 0.1) is 12.1 Å². The summed E-state index contributed by atoms with van der Waals surface area (Å²) in [6.07, 6.45) is 1.81. The minimum Gasteiger partial charge on any atom is -0.295 e. The van der Waals surface area contributed by atoms with Crippen molar-refractivity contribution in [2.75, 3.05) is 0 Å². The molecule has 0 N–H and O–H groups in total. The van der Waals surface area contributed by atoms with Crippen molar-refractivity contribution in [3.05, 3.63) is 113 Å². The third-order valence-electron chi connectivity index (χ3n) is 5.92. The van der Waals surface area contributed by atoms with E-state index < -0.39 is 23.1 Å². The Morgan fingerprint density at radius 2 is 1.42 bits per heavy atom. The third-order valence-corrected chi connectivity index (χ3v) is 5.92. The van der Waals surface area contributed by atoms with Crippen molar-refractivity contribution in [2.24, 2.45) is 5.41 Å². The highest BCUT2D eigenvalue weighted by atomic mass is 19.1. The van der Waals surface area contributed by atoms with Crippen molar-refractivity contribution in [1.29, 1.82) is 10.5 Å². The molecule has 150 valence electrons. The predicted octanol–water partition coefficient (Wildman–Crippen LogP) is 5.78. The molecule has 3 aromatic rings. The van der Waals surface area contributed by atoms with Crippen LogP contribution in [0.5, 0.6) is 0 Å². The van der Waals surface area contributed by atoms with E-state index in [1.807, 2.05) is 60.7 Å². The molecule has 31 heavy (non-hydrogen) atoms. The van der Waals surface area contributed by atoms with Crippen molar-refractivity contribution in [1.82, 2.24) is 0 Å². The number of nitriles is 2. The van der Waals surface area contributed by atoms with E-state index in [0.29, 0.717) is 11.1 Å². The molecule has 3 aromatic carbocycles. The molecule has 2 atom stereocenters. The maximum Gasteiger partial charge on any atom is 0.161 e. The number of ketones is 1. The second-order valence-corrected chi connectivity index (χ2v) is 7.68. The molecule has 0 aromatic heterocycles. The molecular formula is C27H19FN2O. The van der Waals surface area contributed by atoms with Crippen LogP contribution in [0.3, 0.4) is 0 Å². The van der Waals surface area contributed by atoms with Gasteiger partial charge in [0.15, 0.2) is 11.2 Å². The lowest BCUT2D eigenvalue weighted by Gasteiger charge is -2.41. The number of halogens is 1. The van der Waals surface area contributed by atoms with Gasteiger partial charge in [-0.3, -0.25) is 4.79 Å². The number of allylic oxidation sites excluding steroid dienone is 1. The Labute approximate surface area is 180 Å². The molecule has 1 saturated carbocycles. The highest BCUT2D eigenvalue weighted by Crippen LogP contribution is 2.55. The van der Waals surface area contributed by atoms with Gasteiger partial charge in [0.25, 0.3) is 0 Å². The van der Waals surface area contributed by atoms with Crippen molar-refractivity contribution in [3.63, 3.8) is 0 Å². The van der Waals surface area contributed by atoms with Crippen molar-refractivity contribution < 1.29 is 9.18 Å². The van der Waals surface area contributed by atoms with Crippen molar-refractivity contribution in [3.8, 4) is 12.1 Å². The fraction of sp³-hybridized carbons (Fsp3) is 0.148. The van der Waals surface area contributed by atoms with Crippen LogP contribution in [-0.2, 0) is 4.79 Å². The van der Waals surface area contributed by atoms with E-state index in [0.717, 1.165) is 11.1 Å². The van der Waals surface area contributed by atoms with Gasteiger partial charge in [-0.2, -0.15) is 10.5 Å². The highest BCUT2D eigenvalue weighted by Gasteiger charge is 2.55. The molecule has 4 heteroatoms. The van der Waals surface area contributed by atoms with Crippen LogP contribution in [0.2, 0.25) is 0 Å². The van der Waals surface area contributed by atoms with Crippen molar-refractivity contribution in [2.45, 2.75) is 18.3 Å². The van der Waals surface area contributed by atoms with Crippen LogP contribution in [0.25, 0.3) is 6.08 Å². The fourth-order valence-electron chi connectivity index (χ4n) is 4.44. The summed E-state index contributed by atoms with van der Waals surface area (Å²) in [4.78, 5) is 13.4. The van der Waals surface area contributed by atoms with E-state index in [1.165, 1.54) is 12.1 Å². The first kappa shape index (κ1) is 20.3. The third kappa shape index (κ3) is 3.65. The van der Waals surface area contributed by atoms with Gasteiger partial charge >= 0.3 is 0 Å². The number of Topliss-reactive ketones (excluding diaryl/α,β-unsaturated/α-hetero) is 1. The maximum atomic E-state index is 13.7. The molecule has 0 saturated heterocycles. The van der Waals surface area contributed by atoms with Crippen LogP contribution in [0.4, 0.5) is 4.39 Å². The number of hydrogen-bond acceptors (Lipinski definition) is 3. The summed E-state index contributed by atoms with van der Waals surface area (Å²) < 4.78 is 13.7. The largest absolute Gasteiger partial charge is 0.295 e. The van der Waals surface area contributed by atoms with Gasteiger partial charge in [0, 0.05) is 23.8 Å². The van der Waals surface area contributed by atoms with Crippen LogP contribution >= 0.6 is 0 Å². The Hall–Kier alpha value is -4.02. The molecule has 0 spiro atoms. The molecule has 1 fully saturated rings. The minimum atomic E-state index is -1.52. The summed E-state index contributed by atoms with van der Waals surface area (Å²) in [5.74, 6) is -1.94. The van der Waals surface area contributed by atoms with E-state index >= 15 is 0 Å². The van der Waals surface area contributed by atoms with Crippen LogP contribution in [-0.4, -0.2) is 5.78 Å². The van der Waals surface area contributed by atoms with Gasteiger partial charge in [-0.1, -0.05) is 72.8 Å². The minimum absolute atomic E-state index is 0.0570. The summed E-state index contributed by atoms with van der Waals surface area (Å²) >= 11 is 0. The molecule has 0 bridgehead atoms. The highest BCUT2D eigenvalue weighted by molar-refractivity contribution is 6.03. The fourth-order valence-corrected chi connectivity index (χ4v) is 4.44. The van der Waals surface area contributed by atoms with Crippen molar-refractivity contribution >= 4 is 11.9 Å². The molecule has 0 amide bonds. The zero-order chi connectivity index (χ0) is 21.8. The average Bonchev–Trinajstić information content (AvgIpc) is 2.82. The van der Waals surface area contributed by atoms with E-state index in [2.05, 4.69) is 12.1 Å². The summed E-state index contributed by atoms with van der Waals surface area (Å²) in [6.45, 7) is 0. The molecule has 0 aliphatic heterocycles. The number of carbonyl (C=O) groups is 1. The Kier molecular flexibility index (Phi) is 5.48. The SMILES string of the molecule is N#CC1(C#N)[C@H](c2ccccc2)CC(=O)/C(=C/c2ccccc2)[C@H]1c1ccc(F)cc1. The number of benzene rings is 3. The van der Waals surface area contributed by atoms with Gasteiger partial charge in [-0.05, 0) is 34.9 Å². The molecule has 3 nitrogen and oxygen atoms in total. The van der Waals surface area contributed by atoms with Gasteiger partial charge < -0.3 is 0 Å². The second-order valence-electron chi connectivity index (χ2n) is 7.68. The number of carbonyl (C=O) groups excluding carboxylic acids is 1. The predicted molar refractivity (Wildman–Crippen MR) is 116 cm³/mol. The summed E-state index contributed by atoms with van der Waals surface area (Å²) in [6, 6.07) is 28.8. The van der Waals surface area contributed by atoms with Crippen LogP contribution < -0.4 is 0 Å². The normalized spacial score (nSPS) is 21.3. The smallest absolute Gasteiger partial charge is 0.161 e. The van der Waals surface area contributed by atoms with E-state index in [1.54, 1.807) is 18.2 Å². The summed E-state index contributed by atoms with van der Waals surface area (Å²) in [5.41, 5.74) is 1.02. The first-order valence-corrected chi connectivity index (χ1v) is 10.0. The van der Waals surface area contributed by atoms with E-state index in [4.69, 9.17) is 0 Å². The Morgan fingerprint density at radius 1 is 0.839 bits per heavy atom. The zero-order valence-corrected chi connectivity index (χ0v) is 16.7. The van der Waals surface area contributed by atoms with E-state index in [-0.39, 0.29) is 12.2 Å². The Balaban J connectivity index is 1.97.